The molecule has 1 fully saturated rings. The Hall–Kier alpha value is -1.41. The number of hydrogen-bond acceptors (Lipinski definition) is 4. The second-order valence-electron chi connectivity index (χ2n) is 6.62. The van der Waals surface area contributed by atoms with Gasteiger partial charge < -0.3 is 4.74 Å². The molecule has 1 aliphatic rings. The molecule has 0 aromatic heterocycles. The van der Waals surface area contributed by atoms with Gasteiger partial charge in [-0.15, -0.1) is 4.41 Å². The first-order valence-electron chi connectivity index (χ1n) is 9.17. The SMILES string of the molecule is COc1ccc(S(=O)(=O)N(CCc2ccc(Br)cc2)N2CCCCC2)cc1. The Kier molecular flexibility index (Phi) is 6.92. The molecule has 1 heterocycles. The minimum atomic E-state index is -3.61. The van der Waals surface area contributed by atoms with Gasteiger partial charge in [0, 0.05) is 24.1 Å². The first-order valence-corrected chi connectivity index (χ1v) is 11.4. The second kappa shape index (κ2) is 9.19. The van der Waals surface area contributed by atoms with E-state index in [4.69, 9.17) is 4.74 Å². The van der Waals surface area contributed by atoms with E-state index in [0.29, 0.717) is 23.6 Å². The van der Waals surface area contributed by atoms with Crippen LogP contribution >= 0.6 is 15.9 Å². The molecule has 0 saturated carbocycles. The van der Waals surface area contributed by atoms with Crippen LogP contribution in [0.1, 0.15) is 24.8 Å². The number of nitrogens with zero attached hydrogens (tertiary/aromatic N) is 2. The molecular weight excluding hydrogens is 428 g/mol. The normalized spacial score (nSPS) is 15.8. The first-order chi connectivity index (χ1) is 13.0. The summed E-state index contributed by atoms with van der Waals surface area (Å²) < 4.78 is 34.4. The van der Waals surface area contributed by atoms with Crippen LogP contribution in [0.25, 0.3) is 0 Å². The number of halogens is 1. The van der Waals surface area contributed by atoms with Crippen LogP contribution in [0.15, 0.2) is 57.9 Å². The van der Waals surface area contributed by atoms with Crippen molar-refractivity contribution in [3.8, 4) is 5.75 Å². The van der Waals surface area contributed by atoms with Crippen LogP contribution in [0, 0.1) is 0 Å². The highest BCUT2D eigenvalue weighted by Crippen LogP contribution is 2.24. The molecule has 0 N–H and O–H groups in total. The summed E-state index contributed by atoms with van der Waals surface area (Å²) in [6, 6.07) is 14.6. The largest absolute Gasteiger partial charge is 0.497 e. The van der Waals surface area contributed by atoms with Crippen LogP contribution < -0.4 is 4.74 Å². The predicted octanol–water partition coefficient (Wildman–Crippen LogP) is 4.09. The van der Waals surface area contributed by atoms with Gasteiger partial charge in [0.15, 0.2) is 0 Å². The van der Waals surface area contributed by atoms with E-state index in [9.17, 15) is 8.42 Å². The van der Waals surface area contributed by atoms with Crippen molar-refractivity contribution < 1.29 is 13.2 Å². The number of hydrogen-bond donors (Lipinski definition) is 0. The van der Waals surface area contributed by atoms with Gasteiger partial charge in [0.25, 0.3) is 10.0 Å². The lowest BCUT2D eigenvalue weighted by molar-refractivity contribution is 0.0398. The molecule has 0 aliphatic carbocycles. The molecule has 0 spiro atoms. The number of ether oxygens (including phenoxy) is 1. The third kappa shape index (κ3) is 5.10. The summed E-state index contributed by atoms with van der Waals surface area (Å²) in [5.41, 5.74) is 1.12. The van der Waals surface area contributed by atoms with E-state index in [0.717, 1.165) is 42.4 Å². The number of rotatable bonds is 7. The van der Waals surface area contributed by atoms with Crippen molar-refractivity contribution in [2.45, 2.75) is 30.6 Å². The Morgan fingerprint density at radius 1 is 1.00 bits per heavy atom. The van der Waals surface area contributed by atoms with E-state index in [1.807, 2.05) is 29.3 Å². The second-order valence-corrected chi connectivity index (χ2v) is 9.38. The van der Waals surface area contributed by atoms with Crippen LogP contribution in [-0.4, -0.2) is 44.6 Å². The average molecular weight is 453 g/mol. The van der Waals surface area contributed by atoms with E-state index in [1.165, 1.54) is 0 Å². The van der Waals surface area contributed by atoms with E-state index < -0.39 is 10.0 Å². The van der Waals surface area contributed by atoms with Crippen LogP contribution in [0.4, 0.5) is 0 Å². The minimum Gasteiger partial charge on any atom is -0.497 e. The van der Waals surface area contributed by atoms with E-state index >= 15 is 0 Å². The molecule has 2 aromatic carbocycles. The minimum absolute atomic E-state index is 0.296. The summed E-state index contributed by atoms with van der Waals surface area (Å²) in [5.74, 6) is 0.647. The molecule has 2 aromatic rings. The molecule has 0 bridgehead atoms. The predicted molar refractivity (Wildman–Crippen MR) is 110 cm³/mol. The van der Waals surface area contributed by atoms with Crippen LogP contribution in [0.3, 0.4) is 0 Å². The maximum absolute atomic E-state index is 13.3. The molecule has 5 nitrogen and oxygen atoms in total. The molecule has 1 saturated heterocycles. The van der Waals surface area contributed by atoms with Crippen molar-refractivity contribution in [1.82, 2.24) is 9.42 Å². The standard InChI is InChI=1S/C20H25BrN2O3S/c1-26-19-9-11-20(12-10-19)27(24,25)23(22-14-3-2-4-15-22)16-13-17-5-7-18(21)8-6-17/h5-12H,2-4,13-16H2,1H3. The van der Waals surface area contributed by atoms with E-state index in [-0.39, 0.29) is 0 Å². The summed E-state index contributed by atoms with van der Waals surface area (Å²) in [7, 11) is -2.04. The smallest absolute Gasteiger partial charge is 0.256 e. The van der Waals surface area contributed by atoms with Gasteiger partial charge in [-0.25, -0.2) is 13.4 Å². The van der Waals surface area contributed by atoms with Gasteiger partial charge in [-0.05, 0) is 61.2 Å². The van der Waals surface area contributed by atoms with Gasteiger partial charge in [0.2, 0.25) is 0 Å². The van der Waals surface area contributed by atoms with Crippen LogP contribution in [0.2, 0.25) is 0 Å². The van der Waals surface area contributed by atoms with E-state index in [1.54, 1.807) is 35.8 Å². The third-order valence-corrected chi connectivity index (χ3v) is 7.15. The van der Waals surface area contributed by atoms with Crippen molar-refractivity contribution in [2.75, 3.05) is 26.7 Å². The number of benzene rings is 2. The molecule has 0 radical (unpaired) electrons. The Balaban J connectivity index is 1.84. The number of sulfonamides is 1. The molecule has 27 heavy (non-hydrogen) atoms. The molecule has 0 amide bonds. The number of hydrazine groups is 1. The van der Waals surface area contributed by atoms with Gasteiger partial charge in [-0.1, -0.05) is 34.5 Å². The summed E-state index contributed by atoms with van der Waals surface area (Å²) >= 11 is 3.44. The van der Waals surface area contributed by atoms with Gasteiger partial charge in [0.1, 0.15) is 5.75 Å². The molecule has 7 heteroatoms. The van der Waals surface area contributed by atoms with Gasteiger partial charge >= 0.3 is 0 Å². The lowest BCUT2D eigenvalue weighted by Gasteiger charge is -2.36. The third-order valence-electron chi connectivity index (χ3n) is 4.79. The fourth-order valence-corrected chi connectivity index (χ4v) is 5.05. The van der Waals surface area contributed by atoms with Crippen molar-refractivity contribution in [2.24, 2.45) is 0 Å². The quantitative estimate of drug-likeness (QED) is 0.634. The molecule has 0 unspecified atom stereocenters. The van der Waals surface area contributed by atoms with Gasteiger partial charge in [0.05, 0.1) is 12.0 Å². The average Bonchev–Trinajstić information content (AvgIpc) is 2.70. The molecule has 3 rings (SSSR count). The van der Waals surface area contributed by atoms with Gasteiger partial charge in [-0.3, -0.25) is 0 Å². The van der Waals surface area contributed by atoms with Crippen LogP contribution in [0.5, 0.6) is 5.75 Å². The lowest BCUT2D eigenvalue weighted by atomic mass is 10.1. The first kappa shape index (κ1) is 20.3. The Morgan fingerprint density at radius 2 is 1.63 bits per heavy atom. The topological polar surface area (TPSA) is 49.9 Å². The fourth-order valence-electron chi connectivity index (χ4n) is 3.26. The number of methoxy groups -OCH3 is 1. The maximum atomic E-state index is 13.3. The Labute approximate surface area is 170 Å². The zero-order valence-corrected chi connectivity index (χ0v) is 17.9. The fraction of sp³-hybridized carbons (Fsp3) is 0.400. The molecule has 0 atom stereocenters. The zero-order chi connectivity index (χ0) is 19.3. The summed E-state index contributed by atoms with van der Waals surface area (Å²) in [4.78, 5) is 0.296. The summed E-state index contributed by atoms with van der Waals surface area (Å²) in [5, 5.41) is 1.99. The monoisotopic (exact) mass is 452 g/mol. The number of piperidine rings is 1. The molecule has 146 valence electrons. The lowest BCUT2D eigenvalue weighted by Crippen LogP contribution is -2.49. The highest BCUT2D eigenvalue weighted by Gasteiger charge is 2.30. The Morgan fingerprint density at radius 3 is 2.22 bits per heavy atom. The van der Waals surface area contributed by atoms with Crippen molar-refractivity contribution >= 4 is 26.0 Å². The molecule has 1 aliphatic heterocycles. The van der Waals surface area contributed by atoms with Crippen LogP contribution in [-0.2, 0) is 16.4 Å². The summed E-state index contributed by atoms with van der Waals surface area (Å²) in [6.07, 6.45) is 3.86. The van der Waals surface area contributed by atoms with Crippen molar-refractivity contribution in [1.29, 1.82) is 0 Å². The van der Waals surface area contributed by atoms with Crippen molar-refractivity contribution in [3.05, 3.63) is 58.6 Å². The zero-order valence-electron chi connectivity index (χ0n) is 15.5. The molecular formula is C20H25BrN2O3S. The van der Waals surface area contributed by atoms with Crippen molar-refractivity contribution in [3.63, 3.8) is 0 Å². The maximum Gasteiger partial charge on any atom is 0.256 e. The van der Waals surface area contributed by atoms with E-state index in [2.05, 4.69) is 15.9 Å². The Bertz CT molecular complexity index is 833. The summed E-state index contributed by atoms with van der Waals surface area (Å²) in [6.45, 7) is 1.97. The van der Waals surface area contributed by atoms with Gasteiger partial charge in [-0.2, -0.15) is 0 Å². The highest BCUT2D eigenvalue weighted by molar-refractivity contribution is 9.10. The highest BCUT2D eigenvalue weighted by atomic mass is 79.9.